The Kier molecular flexibility index (Phi) is 3.31. The summed E-state index contributed by atoms with van der Waals surface area (Å²) in [5, 5.41) is 0. The Morgan fingerprint density at radius 3 is 2.38 bits per heavy atom. The van der Waals surface area contributed by atoms with Gasteiger partial charge >= 0.3 is 0 Å². The lowest BCUT2D eigenvalue weighted by Crippen LogP contribution is -2.33. The van der Waals surface area contributed by atoms with Crippen LogP contribution in [0.2, 0.25) is 0 Å². The van der Waals surface area contributed by atoms with E-state index in [1.54, 1.807) is 12.1 Å². The van der Waals surface area contributed by atoms with Crippen LogP contribution in [0.1, 0.15) is 43.2 Å². The molecule has 16 heavy (non-hydrogen) atoms. The van der Waals surface area contributed by atoms with Crippen LogP contribution in [0.3, 0.4) is 0 Å². The molecule has 1 aromatic carbocycles. The summed E-state index contributed by atoms with van der Waals surface area (Å²) in [6, 6.07) is 4.95. The first-order chi connectivity index (χ1) is 7.53. The molecule has 2 rings (SSSR count). The smallest absolute Gasteiger partial charge is 0.264 e. The second-order valence-corrected chi connectivity index (χ2v) is 5.25. The Labute approximate surface area is 102 Å². The van der Waals surface area contributed by atoms with Gasteiger partial charge in [-0.25, -0.2) is 8.78 Å². The van der Waals surface area contributed by atoms with E-state index in [-0.39, 0.29) is 11.1 Å². The maximum atomic E-state index is 12.6. The average molecular weight is 290 g/mol. The van der Waals surface area contributed by atoms with Crippen molar-refractivity contribution in [1.29, 1.82) is 0 Å². The van der Waals surface area contributed by atoms with Crippen molar-refractivity contribution in [2.75, 3.05) is 0 Å². The zero-order valence-electron chi connectivity index (χ0n) is 8.85. The van der Waals surface area contributed by atoms with Crippen LogP contribution >= 0.6 is 15.9 Å². The maximum Gasteiger partial charge on any atom is 0.264 e. The zero-order valence-corrected chi connectivity index (χ0v) is 10.4. The standard InChI is InChI=1S/C12H14BrF2N/c13-10-7-8(3-4-9(10)11(14)15)12(16)5-1-2-6-12/h3-4,7,11H,1-2,5-6,16H2. The molecule has 1 saturated carbocycles. The molecule has 2 N–H and O–H groups in total. The highest BCUT2D eigenvalue weighted by atomic mass is 79.9. The number of halogens is 3. The summed E-state index contributed by atoms with van der Waals surface area (Å²) in [6.07, 6.45) is 1.66. The molecule has 1 nitrogen and oxygen atoms in total. The molecule has 1 aliphatic carbocycles. The van der Waals surface area contributed by atoms with Crippen LogP contribution in [0.15, 0.2) is 22.7 Å². The Bertz CT molecular complexity index is 387. The van der Waals surface area contributed by atoms with Crippen LogP contribution in [0, 0.1) is 0 Å². The predicted octanol–water partition coefficient (Wildman–Crippen LogP) is 4.11. The van der Waals surface area contributed by atoms with E-state index in [4.69, 9.17) is 5.73 Å². The van der Waals surface area contributed by atoms with E-state index in [1.807, 2.05) is 0 Å². The Morgan fingerprint density at radius 1 is 1.25 bits per heavy atom. The number of nitrogens with two attached hydrogens (primary N) is 1. The van der Waals surface area contributed by atoms with E-state index < -0.39 is 6.43 Å². The van der Waals surface area contributed by atoms with Crippen molar-refractivity contribution in [3.63, 3.8) is 0 Å². The third-order valence-corrected chi connectivity index (χ3v) is 3.99. The number of alkyl halides is 2. The van der Waals surface area contributed by atoms with Gasteiger partial charge in [0.2, 0.25) is 0 Å². The Hall–Kier alpha value is -0.480. The molecule has 1 aromatic rings. The maximum absolute atomic E-state index is 12.6. The lowest BCUT2D eigenvalue weighted by molar-refractivity contribution is 0.150. The fourth-order valence-corrected chi connectivity index (χ4v) is 2.86. The van der Waals surface area contributed by atoms with E-state index in [0.29, 0.717) is 4.47 Å². The van der Waals surface area contributed by atoms with Crippen LogP contribution in [-0.2, 0) is 5.54 Å². The lowest BCUT2D eigenvalue weighted by atomic mass is 9.89. The van der Waals surface area contributed by atoms with E-state index in [0.717, 1.165) is 31.2 Å². The molecule has 0 spiro atoms. The van der Waals surface area contributed by atoms with Gasteiger partial charge < -0.3 is 5.73 Å². The van der Waals surface area contributed by atoms with Crippen molar-refractivity contribution in [3.05, 3.63) is 33.8 Å². The third-order valence-electron chi connectivity index (χ3n) is 3.31. The Balaban J connectivity index is 2.34. The number of hydrogen-bond donors (Lipinski definition) is 1. The molecule has 0 aromatic heterocycles. The van der Waals surface area contributed by atoms with E-state index >= 15 is 0 Å². The predicted molar refractivity (Wildman–Crippen MR) is 63.4 cm³/mol. The molecule has 88 valence electrons. The molecule has 1 aliphatic rings. The van der Waals surface area contributed by atoms with E-state index in [1.165, 1.54) is 6.07 Å². The summed E-state index contributed by atoms with van der Waals surface area (Å²) in [6.45, 7) is 0. The largest absolute Gasteiger partial charge is 0.321 e. The molecule has 1 fully saturated rings. The van der Waals surface area contributed by atoms with E-state index in [2.05, 4.69) is 15.9 Å². The number of benzene rings is 1. The molecular weight excluding hydrogens is 276 g/mol. The first-order valence-electron chi connectivity index (χ1n) is 5.40. The molecule has 0 atom stereocenters. The molecule has 0 radical (unpaired) electrons. The first kappa shape index (κ1) is 12.0. The van der Waals surface area contributed by atoms with Crippen molar-refractivity contribution in [2.24, 2.45) is 5.73 Å². The number of rotatable bonds is 2. The molecule has 0 aliphatic heterocycles. The fourth-order valence-electron chi connectivity index (χ4n) is 2.31. The van der Waals surface area contributed by atoms with Crippen molar-refractivity contribution in [1.82, 2.24) is 0 Å². The highest BCUT2D eigenvalue weighted by molar-refractivity contribution is 9.10. The average Bonchev–Trinajstić information content (AvgIpc) is 2.66. The summed E-state index contributed by atoms with van der Waals surface area (Å²) < 4.78 is 25.6. The van der Waals surface area contributed by atoms with Crippen LogP contribution in [0.5, 0.6) is 0 Å². The topological polar surface area (TPSA) is 26.0 Å². The van der Waals surface area contributed by atoms with Gasteiger partial charge in [-0.15, -0.1) is 0 Å². The van der Waals surface area contributed by atoms with Crippen molar-refractivity contribution in [3.8, 4) is 0 Å². The SMILES string of the molecule is NC1(c2ccc(C(F)F)c(Br)c2)CCCC1. The molecule has 0 heterocycles. The summed E-state index contributed by atoms with van der Waals surface area (Å²) in [4.78, 5) is 0. The molecule has 0 unspecified atom stereocenters. The minimum absolute atomic E-state index is 0.0327. The second kappa shape index (κ2) is 4.41. The van der Waals surface area contributed by atoms with Crippen molar-refractivity contribution >= 4 is 15.9 Å². The summed E-state index contributed by atoms with van der Waals surface area (Å²) in [5.74, 6) is 0. The van der Waals surface area contributed by atoms with Gasteiger partial charge in [-0.1, -0.05) is 40.9 Å². The lowest BCUT2D eigenvalue weighted by Gasteiger charge is -2.24. The highest BCUT2D eigenvalue weighted by Gasteiger charge is 2.31. The van der Waals surface area contributed by atoms with Gasteiger partial charge in [0.15, 0.2) is 0 Å². The highest BCUT2D eigenvalue weighted by Crippen LogP contribution is 2.38. The molecule has 4 heteroatoms. The van der Waals surface area contributed by atoms with Gasteiger partial charge in [0, 0.05) is 15.6 Å². The first-order valence-corrected chi connectivity index (χ1v) is 6.19. The summed E-state index contributed by atoms with van der Waals surface area (Å²) in [7, 11) is 0. The molecule has 0 bridgehead atoms. The minimum Gasteiger partial charge on any atom is -0.321 e. The minimum atomic E-state index is -2.44. The Morgan fingerprint density at radius 2 is 1.88 bits per heavy atom. The molecule has 0 saturated heterocycles. The zero-order chi connectivity index (χ0) is 11.8. The van der Waals surface area contributed by atoms with Gasteiger partial charge in [-0.3, -0.25) is 0 Å². The number of hydrogen-bond acceptors (Lipinski definition) is 1. The normalized spacial score (nSPS) is 19.3. The third kappa shape index (κ3) is 2.13. The van der Waals surface area contributed by atoms with Crippen LogP contribution in [-0.4, -0.2) is 0 Å². The monoisotopic (exact) mass is 289 g/mol. The van der Waals surface area contributed by atoms with Crippen LogP contribution < -0.4 is 5.73 Å². The van der Waals surface area contributed by atoms with Gasteiger partial charge in [-0.2, -0.15) is 0 Å². The van der Waals surface area contributed by atoms with Gasteiger partial charge in [0.05, 0.1) is 0 Å². The van der Waals surface area contributed by atoms with Crippen LogP contribution in [0.4, 0.5) is 8.78 Å². The van der Waals surface area contributed by atoms with Gasteiger partial charge in [0.1, 0.15) is 0 Å². The van der Waals surface area contributed by atoms with Crippen molar-refractivity contribution < 1.29 is 8.78 Å². The second-order valence-electron chi connectivity index (χ2n) is 4.40. The quantitative estimate of drug-likeness (QED) is 0.871. The summed E-state index contributed by atoms with van der Waals surface area (Å²) in [5.41, 5.74) is 6.94. The van der Waals surface area contributed by atoms with Gasteiger partial charge in [-0.05, 0) is 24.5 Å². The fraction of sp³-hybridized carbons (Fsp3) is 0.500. The van der Waals surface area contributed by atoms with Crippen molar-refractivity contribution in [2.45, 2.75) is 37.6 Å². The van der Waals surface area contributed by atoms with E-state index in [9.17, 15) is 8.78 Å². The van der Waals surface area contributed by atoms with Gasteiger partial charge in [0.25, 0.3) is 6.43 Å². The molecular formula is C12H14BrF2N. The van der Waals surface area contributed by atoms with Crippen LogP contribution in [0.25, 0.3) is 0 Å². The summed E-state index contributed by atoms with van der Waals surface area (Å²) >= 11 is 3.18. The molecule has 0 amide bonds.